The van der Waals surface area contributed by atoms with Gasteiger partial charge < -0.3 is 21.1 Å². The zero-order valence-corrected chi connectivity index (χ0v) is 16.5. The molecule has 0 atom stereocenters. The first kappa shape index (κ1) is 20.2. The Morgan fingerprint density at radius 2 is 2.00 bits per heavy atom. The van der Waals surface area contributed by atoms with Gasteiger partial charge in [0.05, 0.1) is 0 Å². The Bertz CT molecular complexity index is 662. The van der Waals surface area contributed by atoms with E-state index in [1.807, 2.05) is 23.6 Å². The summed E-state index contributed by atoms with van der Waals surface area (Å²) < 4.78 is 5.29. The van der Waals surface area contributed by atoms with Gasteiger partial charge in [-0.25, -0.2) is 0 Å². The Hall–Kier alpha value is -1.81. The highest BCUT2D eigenvalue weighted by Crippen LogP contribution is 2.13. The molecule has 4 N–H and O–H groups in total. The van der Waals surface area contributed by atoms with E-state index in [1.165, 1.54) is 5.56 Å². The lowest BCUT2D eigenvalue weighted by Gasteiger charge is -2.12. The summed E-state index contributed by atoms with van der Waals surface area (Å²) in [7, 11) is 1.73. The zero-order chi connectivity index (χ0) is 16.5. The molecular weight excluding hydrogens is 439 g/mol. The number of nitrogens with one attached hydrogen (secondary N) is 2. The topological polar surface area (TPSA) is 88.7 Å². The van der Waals surface area contributed by atoms with Crippen molar-refractivity contribution in [2.75, 3.05) is 13.7 Å². The van der Waals surface area contributed by atoms with Crippen LogP contribution < -0.4 is 21.1 Å². The number of ether oxygens (including phenoxy) is 1. The molecular formula is C16H21IN4O2S. The molecule has 1 heterocycles. The highest BCUT2D eigenvalue weighted by molar-refractivity contribution is 14.0. The number of guanidine groups is 1. The molecule has 0 fully saturated rings. The quantitative estimate of drug-likeness (QED) is 0.336. The molecule has 6 nitrogen and oxygen atoms in total. The first-order valence-corrected chi connectivity index (χ1v) is 8.07. The van der Waals surface area contributed by atoms with Crippen molar-refractivity contribution in [2.24, 2.45) is 10.7 Å². The second-order valence-corrected chi connectivity index (χ2v) is 5.59. The second-order valence-electron chi connectivity index (χ2n) is 4.81. The van der Waals surface area contributed by atoms with Gasteiger partial charge in [-0.05, 0) is 40.1 Å². The van der Waals surface area contributed by atoms with Crippen LogP contribution in [0, 0.1) is 0 Å². The lowest BCUT2D eigenvalue weighted by Crippen LogP contribution is -2.36. The molecule has 0 unspecified atom stereocenters. The lowest BCUT2D eigenvalue weighted by atomic mass is 10.2. The number of hydrogen-bond acceptors (Lipinski definition) is 4. The normalized spacial score (nSPS) is 10.6. The predicted octanol–water partition coefficient (Wildman–Crippen LogP) is 2.10. The molecule has 0 bridgehead atoms. The van der Waals surface area contributed by atoms with Gasteiger partial charge in [-0.3, -0.25) is 9.79 Å². The van der Waals surface area contributed by atoms with Crippen LogP contribution in [0.1, 0.15) is 11.1 Å². The van der Waals surface area contributed by atoms with E-state index < -0.39 is 5.91 Å². The van der Waals surface area contributed by atoms with E-state index in [2.05, 4.69) is 27.1 Å². The lowest BCUT2D eigenvalue weighted by molar-refractivity contribution is -0.119. The minimum absolute atomic E-state index is 0. The standard InChI is InChI=1S/C16H20N4O2S.HI/c1-18-16(20-9-13-5-6-23-11-13)19-8-12-3-2-4-14(7-12)22-10-15(17)21;/h2-7,11H,8-10H2,1H3,(H2,17,21)(H2,18,19,20);1H. The monoisotopic (exact) mass is 460 g/mol. The Balaban J connectivity index is 0.00000288. The molecule has 130 valence electrons. The maximum Gasteiger partial charge on any atom is 0.255 e. The molecule has 0 radical (unpaired) electrons. The van der Waals surface area contributed by atoms with E-state index in [4.69, 9.17) is 10.5 Å². The van der Waals surface area contributed by atoms with E-state index in [1.54, 1.807) is 24.5 Å². The number of halogens is 1. The third kappa shape index (κ3) is 7.18. The molecule has 1 amide bonds. The fourth-order valence-corrected chi connectivity index (χ4v) is 2.55. The predicted molar refractivity (Wildman–Crippen MR) is 108 cm³/mol. The molecule has 0 saturated heterocycles. The number of rotatable bonds is 7. The SMILES string of the molecule is CN=C(NCc1ccsc1)NCc1cccc(OCC(N)=O)c1.I. The van der Waals surface area contributed by atoms with Crippen molar-refractivity contribution >= 4 is 47.2 Å². The van der Waals surface area contributed by atoms with Crippen molar-refractivity contribution in [1.82, 2.24) is 10.6 Å². The summed E-state index contributed by atoms with van der Waals surface area (Å²) >= 11 is 1.67. The summed E-state index contributed by atoms with van der Waals surface area (Å²) in [6, 6.07) is 9.56. The van der Waals surface area contributed by atoms with Crippen LogP contribution in [0.15, 0.2) is 46.1 Å². The van der Waals surface area contributed by atoms with Crippen LogP contribution in [0.4, 0.5) is 0 Å². The van der Waals surface area contributed by atoms with Crippen LogP contribution in [0.2, 0.25) is 0 Å². The number of benzene rings is 1. The Kier molecular flexibility index (Phi) is 9.16. The van der Waals surface area contributed by atoms with Gasteiger partial charge >= 0.3 is 0 Å². The number of nitrogens with two attached hydrogens (primary N) is 1. The van der Waals surface area contributed by atoms with Gasteiger partial charge in [-0.1, -0.05) is 12.1 Å². The number of thiophene rings is 1. The van der Waals surface area contributed by atoms with E-state index >= 15 is 0 Å². The minimum atomic E-state index is -0.494. The van der Waals surface area contributed by atoms with E-state index in [0.717, 1.165) is 18.1 Å². The fourth-order valence-electron chi connectivity index (χ4n) is 1.89. The molecule has 0 aliphatic carbocycles. The van der Waals surface area contributed by atoms with E-state index in [0.29, 0.717) is 12.3 Å². The number of primary amides is 1. The van der Waals surface area contributed by atoms with Crippen molar-refractivity contribution in [3.05, 3.63) is 52.2 Å². The Morgan fingerprint density at radius 1 is 1.25 bits per heavy atom. The van der Waals surface area contributed by atoms with Crippen LogP contribution in [0.25, 0.3) is 0 Å². The van der Waals surface area contributed by atoms with Gasteiger partial charge in [-0.15, -0.1) is 24.0 Å². The highest BCUT2D eigenvalue weighted by atomic mass is 127. The number of nitrogens with zero attached hydrogens (tertiary/aromatic N) is 1. The largest absolute Gasteiger partial charge is 0.484 e. The smallest absolute Gasteiger partial charge is 0.255 e. The highest BCUT2D eigenvalue weighted by Gasteiger charge is 2.02. The van der Waals surface area contributed by atoms with E-state index in [-0.39, 0.29) is 30.6 Å². The number of amides is 1. The maximum absolute atomic E-state index is 10.7. The molecule has 1 aromatic heterocycles. The van der Waals surface area contributed by atoms with Crippen LogP contribution >= 0.6 is 35.3 Å². The van der Waals surface area contributed by atoms with Gasteiger partial charge in [0.25, 0.3) is 5.91 Å². The summed E-state index contributed by atoms with van der Waals surface area (Å²) in [6.07, 6.45) is 0. The number of hydrogen-bond donors (Lipinski definition) is 3. The van der Waals surface area contributed by atoms with Gasteiger partial charge in [0.15, 0.2) is 12.6 Å². The van der Waals surface area contributed by atoms with Crippen LogP contribution in [0.5, 0.6) is 5.75 Å². The molecule has 2 rings (SSSR count). The fraction of sp³-hybridized carbons (Fsp3) is 0.250. The molecule has 0 spiro atoms. The van der Waals surface area contributed by atoms with Crippen LogP contribution in [0.3, 0.4) is 0 Å². The van der Waals surface area contributed by atoms with Gasteiger partial charge in [0.1, 0.15) is 5.75 Å². The van der Waals surface area contributed by atoms with Crippen molar-refractivity contribution in [3.8, 4) is 5.75 Å². The van der Waals surface area contributed by atoms with Crippen molar-refractivity contribution in [3.63, 3.8) is 0 Å². The summed E-state index contributed by atoms with van der Waals surface area (Å²) in [5.74, 6) is 0.843. The average molecular weight is 460 g/mol. The first-order valence-electron chi connectivity index (χ1n) is 7.13. The third-order valence-corrected chi connectivity index (χ3v) is 3.74. The van der Waals surface area contributed by atoms with Gasteiger partial charge in [-0.2, -0.15) is 11.3 Å². The van der Waals surface area contributed by atoms with Crippen molar-refractivity contribution < 1.29 is 9.53 Å². The third-order valence-electron chi connectivity index (χ3n) is 3.00. The number of aliphatic imine (C=N–C) groups is 1. The van der Waals surface area contributed by atoms with Crippen LogP contribution in [-0.2, 0) is 17.9 Å². The van der Waals surface area contributed by atoms with Gasteiger partial charge in [0.2, 0.25) is 0 Å². The molecule has 8 heteroatoms. The summed E-state index contributed by atoms with van der Waals surface area (Å²) in [5.41, 5.74) is 7.31. The summed E-state index contributed by atoms with van der Waals surface area (Å²) in [6.45, 7) is 1.20. The van der Waals surface area contributed by atoms with Crippen molar-refractivity contribution in [1.29, 1.82) is 0 Å². The minimum Gasteiger partial charge on any atom is -0.484 e. The number of carbonyl (C=O) groups excluding carboxylic acids is 1. The number of carbonyl (C=O) groups is 1. The van der Waals surface area contributed by atoms with Gasteiger partial charge in [0, 0.05) is 20.1 Å². The molecule has 2 aromatic rings. The molecule has 0 saturated carbocycles. The second kappa shape index (κ2) is 10.9. The Morgan fingerprint density at radius 3 is 2.62 bits per heavy atom. The summed E-state index contributed by atoms with van der Waals surface area (Å²) in [4.78, 5) is 14.9. The maximum atomic E-state index is 10.7. The first-order chi connectivity index (χ1) is 11.2. The summed E-state index contributed by atoms with van der Waals surface area (Å²) in [5, 5.41) is 10.6. The van der Waals surface area contributed by atoms with Crippen molar-refractivity contribution in [2.45, 2.75) is 13.1 Å². The Labute approximate surface area is 162 Å². The molecule has 1 aromatic carbocycles. The van der Waals surface area contributed by atoms with E-state index in [9.17, 15) is 4.79 Å². The molecule has 0 aliphatic rings. The zero-order valence-electron chi connectivity index (χ0n) is 13.3. The molecule has 24 heavy (non-hydrogen) atoms. The van der Waals surface area contributed by atoms with Crippen LogP contribution in [-0.4, -0.2) is 25.5 Å². The molecule has 0 aliphatic heterocycles. The average Bonchev–Trinajstić information content (AvgIpc) is 3.07.